The molecule has 4 rings (SSSR count). The molecule has 10 nitrogen and oxygen atoms in total. The van der Waals surface area contributed by atoms with Crippen molar-refractivity contribution in [2.24, 2.45) is 0 Å². The Morgan fingerprint density at radius 2 is 1.54 bits per heavy atom. The molecule has 2 aromatic carbocycles. The van der Waals surface area contributed by atoms with Crippen molar-refractivity contribution in [2.75, 3.05) is 39.5 Å². The van der Waals surface area contributed by atoms with Crippen LogP contribution in [0, 0.1) is 5.82 Å². The Morgan fingerprint density at radius 1 is 0.951 bits per heavy atom. The second-order valence-corrected chi connectivity index (χ2v) is 9.90. The van der Waals surface area contributed by atoms with E-state index >= 15 is 0 Å². The number of carboxylic acid groups (broad SMARTS) is 2. The molecule has 2 aromatic rings. The molecule has 224 valence electrons. The molecule has 2 saturated heterocycles. The van der Waals surface area contributed by atoms with Gasteiger partial charge in [-0.3, -0.25) is 4.79 Å². The van der Waals surface area contributed by atoms with Crippen molar-refractivity contribution in [3.05, 3.63) is 65.5 Å². The highest BCUT2D eigenvalue weighted by Crippen LogP contribution is 2.22. The van der Waals surface area contributed by atoms with E-state index in [-0.39, 0.29) is 24.1 Å². The van der Waals surface area contributed by atoms with E-state index < -0.39 is 11.9 Å². The van der Waals surface area contributed by atoms with Gasteiger partial charge in [-0.1, -0.05) is 24.3 Å². The fourth-order valence-electron chi connectivity index (χ4n) is 4.80. The molecule has 2 fully saturated rings. The van der Waals surface area contributed by atoms with Crippen LogP contribution in [0.3, 0.4) is 0 Å². The molecule has 41 heavy (non-hydrogen) atoms. The predicted octanol–water partition coefficient (Wildman–Crippen LogP) is 3.57. The van der Waals surface area contributed by atoms with Crippen LogP contribution in [-0.4, -0.2) is 89.6 Å². The molecule has 1 amide bonds. The Bertz CT molecular complexity index is 1090. The molecule has 0 unspecified atom stereocenters. The summed E-state index contributed by atoms with van der Waals surface area (Å²) >= 11 is 0. The van der Waals surface area contributed by atoms with Gasteiger partial charge in [0.2, 0.25) is 5.91 Å². The highest BCUT2D eigenvalue weighted by Gasteiger charge is 2.28. The molecule has 2 aliphatic heterocycles. The van der Waals surface area contributed by atoms with Crippen LogP contribution in [0.4, 0.5) is 4.39 Å². The van der Waals surface area contributed by atoms with E-state index in [9.17, 15) is 9.18 Å². The second-order valence-electron chi connectivity index (χ2n) is 9.90. The van der Waals surface area contributed by atoms with E-state index in [4.69, 9.17) is 34.0 Å². The molecule has 0 aliphatic carbocycles. The quantitative estimate of drug-likeness (QED) is 0.410. The van der Waals surface area contributed by atoms with Gasteiger partial charge in [0.15, 0.2) is 6.29 Å². The number of carboxylic acids is 2. The lowest BCUT2D eigenvalue weighted by Gasteiger charge is -2.39. The molecule has 0 radical (unpaired) electrons. The minimum absolute atomic E-state index is 0.0906. The van der Waals surface area contributed by atoms with Crippen LogP contribution < -0.4 is 4.74 Å². The average molecular weight is 575 g/mol. The SMILES string of the molecule is CCOc1ccc(CC(=O)N(Cc2ccc(F)cc2)C2CCN(CCC3OCCCO3)CC2)cc1.O=C(O)C(=O)O. The smallest absolute Gasteiger partial charge is 0.414 e. The fraction of sp³-hybridized carbons (Fsp3) is 0.500. The number of halogens is 1. The van der Waals surface area contributed by atoms with Crippen molar-refractivity contribution >= 4 is 17.8 Å². The molecular weight excluding hydrogens is 535 g/mol. The summed E-state index contributed by atoms with van der Waals surface area (Å²) in [6, 6.07) is 14.4. The maximum Gasteiger partial charge on any atom is 0.414 e. The van der Waals surface area contributed by atoms with Gasteiger partial charge < -0.3 is 34.2 Å². The molecule has 0 atom stereocenters. The number of hydrogen-bond donors (Lipinski definition) is 2. The number of likely N-dealkylation sites (tertiary alicyclic amines) is 1. The summed E-state index contributed by atoms with van der Waals surface area (Å²) in [6.07, 6.45) is 3.93. The summed E-state index contributed by atoms with van der Waals surface area (Å²) in [5.74, 6) is -3.01. The monoisotopic (exact) mass is 574 g/mol. The lowest BCUT2D eigenvalue weighted by Crippen LogP contribution is -2.48. The van der Waals surface area contributed by atoms with Gasteiger partial charge in [-0.05, 0) is 61.6 Å². The summed E-state index contributed by atoms with van der Waals surface area (Å²) in [7, 11) is 0. The molecule has 2 N–H and O–H groups in total. The zero-order valence-electron chi connectivity index (χ0n) is 23.4. The third-order valence-corrected chi connectivity index (χ3v) is 6.93. The van der Waals surface area contributed by atoms with Crippen molar-refractivity contribution in [3.63, 3.8) is 0 Å². The lowest BCUT2D eigenvalue weighted by molar-refractivity contribution is -0.183. The number of aliphatic carboxylic acids is 2. The maximum atomic E-state index is 13.5. The number of carbonyl (C=O) groups excluding carboxylic acids is 1. The first kappa shape index (κ1) is 32.0. The minimum atomic E-state index is -1.82. The van der Waals surface area contributed by atoms with Crippen LogP contribution in [0.15, 0.2) is 48.5 Å². The minimum Gasteiger partial charge on any atom is -0.494 e. The first-order chi connectivity index (χ1) is 19.7. The number of amides is 1. The average Bonchev–Trinajstić information content (AvgIpc) is 2.98. The van der Waals surface area contributed by atoms with Crippen LogP contribution in [0.25, 0.3) is 0 Å². The van der Waals surface area contributed by atoms with Crippen molar-refractivity contribution in [1.82, 2.24) is 9.80 Å². The Kier molecular flexibility index (Phi) is 13.0. The molecule has 0 spiro atoms. The largest absolute Gasteiger partial charge is 0.494 e. The normalized spacial score (nSPS) is 16.3. The molecule has 0 saturated carbocycles. The van der Waals surface area contributed by atoms with Gasteiger partial charge in [0.1, 0.15) is 11.6 Å². The topological polar surface area (TPSA) is 126 Å². The van der Waals surface area contributed by atoms with Gasteiger partial charge in [-0.25, -0.2) is 14.0 Å². The fourth-order valence-corrected chi connectivity index (χ4v) is 4.80. The van der Waals surface area contributed by atoms with Crippen LogP contribution in [0.5, 0.6) is 5.75 Å². The predicted molar refractivity (Wildman–Crippen MR) is 148 cm³/mol. The van der Waals surface area contributed by atoms with Crippen molar-refractivity contribution < 1.29 is 43.2 Å². The van der Waals surface area contributed by atoms with Gasteiger partial charge in [0.05, 0.1) is 26.2 Å². The summed E-state index contributed by atoms with van der Waals surface area (Å²) in [4.78, 5) is 36.1. The zero-order chi connectivity index (χ0) is 29.6. The van der Waals surface area contributed by atoms with Gasteiger partial charge in [0, 0.05) is 38.6 Å². The van der Waals surface area contributed by atoms with Crippen molar-refractivity contribution in [2.45, 2.75) is 57.9 Å². The molecule has 2 aliphatic rings. The van der Waals surface area contributed by atoms with Crippen LogP contribution in [0.2, 0.25) is 0 Å². The van der Waals surface area contributed by atoms with Crippen LogP contribution >= 0.6 is 0 Å². The second kappa shape index (κ2) is 16.7. The number of benzene rings is 2. The highest BCUT2D eigenvalue weighted by atomic mass is 19.1. The van der Waals surface area contributed by atoms with Gasteiger partial charge >= 0.3 is 11.9 Å². The highest BCUT2D eigenvalue weighted by molar-refractivity contribution is 6.27. The third-order valence-electron chi connectivity index (χ3n) is 6.93. The van der Waals surface area contributed by atoms with E-state index in [1.54, 1.807) is 12.1 Å². The van der Waals surface area contributed by atoms with Crippen molar-refractivity contribution in [1.29, 1.82) is 0 Å². The number of hydrogen-bond acceptors (Lipinski definition) is 7. The molecule has 0 aromatic heterocycles. The molecular formula is C30H39FN2O8. The zero-order valence-corrected chi connectivity index (χ0v) is 23.4. The van der Waals surface area contributed by atoms with E-state index in [0.717, 1.165) is 75.4 Å². The van der Waals surface area contributed by atoms with Gasteiger partial charge in [-0.2, -0.15) is 0 Å². The molecule has 2 heterocycles. The summed E-state index contributed by atoms with van der Waals surface area (Å²) in [6.45, 7) is 7.43. The van der Waals surface area contributed by atoms with E-state index in [0.29, 0.717) is 19.6 Å². The summed E-state index contributed by atoms with van der Waals surface area (Å²) < 4.78 is 30.3. The Hall–Kier alpha value is -3.54. The maximum absolute atomic E-state index is 13.5. The van der Waals surface area contributed by atoms with Crippen LogP contribution in [-0.2, 0) is 36.8 Å². The first-order valence-corrected chi connectivity index (χ1v) is 13.9. The van der Waals surface area contributed by atoms with Crippen molar-refractivity contribution in [3.8, 4) is 5.75 Å². The van der Waals surface area contributed by atoms with E-state index in [1.165, 1.54) is 12.1 Å². The number of piperidine rings is 1. The molecule has 11 heteroatoms. The van der Waals surface area contributed by atoms with Crippen LogP contribution in [0.1, 0.15) is 43.7 Å². The summed E-state index contributed by atoms with van der Waals surface area (Å²) in [5, 5.41) is 14.8. The van der Waals surface area contributed by atoms with E-state index in [2.05, 4.69) is 4.90 Å². The summed E-state index contributed by atoms with van der Waals surface area (Å²) in [5.41, 5.74) is 1.91. The van der Waals surface area contributed by atoms with Gasteiger partial charge in [0.25, 0.3) is 0 Å². The number of ether oxygens (including phenoxy) is 3. The Morgan fingerprint density at radius 3 is 2.10 bits per heavy atom. The molecule has 0 bridgehead atoms. The Labute approximate surface area is 239 Å². The number of carbonyl (C=O) groups is 3. The lowest BCUT2D eigenvalue weighted by atomic mass is 10.0. The van der Waals surface area contributed by atoms with E-state index in [1.807, 2.05) is 36.1 Å². The first-order valence-electron chi connectivity index (χ1n) is 13.9. The number of rotatable bonds is 10. The Balaban J connectivity index is 0.000000696. The number of nitrogens with zero attached hydrogens (tertiary/aromatic N) is 2. The third kappa shape index (κ3) is 11.1. The van der Waals surface area contributed by atoms with Gasteiger partial charge in [-0.15, -0.1) is 0 Å². The standard InChI is InChI=1S/C28H37FN2O4.C2H2O4/c1-2-33-26-10-6-22(7-11-26)20-27(32)31(21-23-4-8-24(29)9-5-23)25-12-15-30(16-13-25)17-14-28-34-18-3-19-35-28;3-1(4)2(5)6/h4-11,25,28H,2-3,12-21H2,1H3;(H,3,4)(H,5,6).